The molecule has 1 N–H and O–H groups in total. The number of fused-ring (bicyclic) bond motifs is 1. The molecular formula is C16H24NO. The average Bonchev–Trinajstić information content (AvgIpc) is 2.54. The monoisotopic (exact) mass is 246 g/mol. The van der Waals surface area contributed by atoms with Crippen LogP contribution in [0.15, 0.2) is 24.3 Å². The molecule has 0 fully saturated rings. The van der Waals surface area contributed by atoms with Crippen LogP contribution in [-0.2, 0) is 0 Å². The molecule has 1 unspecified atom stereocenters. The highest BCUT2D eigenvalue weighted by Gasteiger charge is 2.31. The smallest absolute Gasteiger partial charge is 0.0598 e. The third kappa shape index (κ3) is 3.05. The number of nitrogens with zero attached hydrogens (tertiary/aromatic N) is 1. The van der Waals surface area contributed by atoms with Gasteiger partial charge in [-0.2, -0.15) is 0 Å². The first-order valence-corrected chi connectivity index (χ1v) is 6.72. The van der Waals surface area contributed by atoms with Gasteiger partial charge in [0.2, 0.25) is 0 Å². The van der Waals surface area contributed by atoms with Gasteiger partial charge in [-0.25, -0.2) is 0 Å². The second kappa shape index (κ2) is 4.93. The third-order valence-corrected chi connectivity index (χ3v) is 3.41. The molecular weight excluding hydrogens is 222 g/mol. The number of anilines is 1. The van der Waals surface area contributed by atoms with Gasteiger partial charge in [-0.3, -0.25) is 0 Å². The van der Waals surface area contributed by atoms with Crippen LogP contribution in [0.2, 0.25) is 0 Å². The maximum absolute atomic E-state index is 10.0. The lowest BCUT2D eigenvalue weighted by atomic mass is 9.89. The average molecular weight is 246 g/mol. The standard InChI is InChI=1S/C16H24NO/c1-12(2)10-17-11-13(9-16(3,4)18)14-7-5-6-8-15(14)17/h5-8,13,18H,9-11H2,1-4H3. The van der Waals surface area contributed by atoms with E-state index in [1.165, 1.54) is 17.2 Å². The van der Waals surface area contributed by atoms with E-state index in [2.05, 4.69) is 43.0 Å². The van der Waals surface area contributed by atoms with Gasteiger partial charge in [-0.15, -0.1) is 0 Å². The molecule has 18 heavy (non-hydrogen) atoms. The minimum absolute atomic E-state index is 0.445. The summed E-state index contributed by atoms with van der Waals surface area (Å²) < 4.78 is 0. The molecule has 99 valence electrons. The summed E-state index contributed by atoms with van der Waals surface area (Å²) in [5.41, 5.74) is 2.13. The summed E-state index contributed by atoms with van der Waals surface area (Å²) in [7, 11) is 0. The van der Waals surface area contributed by atoms with Crippen molar-refractivity contribution in [2.75, 3.05) is 18.0 Å². The van der Waals surface area contributed by atoms with E-state index in [1.54, 1.807) is 0 Å². The topological polar surface area (TPSA) is 23.5 Å². The lowest BCUT2D eigenvalue weighted by molar-refractivity contribution is 0.0644. The van der Waals surface area contributed by atoms with Crippen molar-refractivity contribution in [3.63, 3.8) is 0 Å². The van der Waals surface area contributed by atoms with Gasteiger partial charge < -0.3 is 10.0 Å². The van der Waals surface area contributed by atoms with Gasteiger partial charge in [0, 0.05) is 24.7 Å². The highest BCUT2D eigenvalue weighted by molar-refractivity contribution is 5.60. The maximum atomic E-state index is 10.0. The summed E-state index contributed by atoms with van der Waals surface area (Å²) in [4.78, 5) is 2.43. The Kier molecular flexibility index (Phi) is 3.67. The molecule has 2 rings (SSSR count). The van der Waals surface area contributed by atoms with E-state index in [0.717, 1.165) is 19.5 Å². The van der Waals surface area contributed by atoms with Crippen LogP contribution in [-0.4, -0.2) is 23.8 Å². The molecule has 0 saturated carbocycles. The first-order chi connectivity index (χ1) is 8.37. The second-order valence-electron chi connectivity index (χ2n) is 6.36. The van der Waals surface area contributed by atoms with Gasteiger partial charge in [0.05, 0.1) is 5.60 Å². The first kappa shape index (κ1) is 13.4. The Bertz CT molecular complexity index is 406. The van der Waals surface area contributed by atoms with Gasteiger partial charge in [-0.1, -0.05) is 32.0 Å². The van der Waals surface area contributed by atoms with Gasteiger partial charge in [0.25, 0.3) is 0 Å². The molecule has 1 aliphatic rings. The van der Waals surface area contributed by atoms with E-state index in [9.17, 15) is 5.11 Å². The molecule has 1 heterocycles. The van der Waals surface area contributed by atoms with Crippen molar-refractivity contribution in [1.29, 1.82) is 0 Å². The van der Waals surface area contributed by atoms with E-state index < -0.39 is 5.60 Å². The Morgan fingerprint density at radius 2 is 2.00 bits per heavy atom. The van der Waals surface area contributed by atoms with Crippen molar-refractivity contribution in [1.82, 2.24) is 0 Å². The third-order valence-electron chi connectivity index (χ3n) is 3.41. The van der Waals surface area contributed by atoms with Crippen LogP contribution in [0, 0.1) is 5.92 Å². The number of hydrogen-bond acceptors (Lipinski definition) is 2. The molecule has 0 amide bonds. The summed E-state index contributed by atoms with van der Waals surface area (Å²) >= 11 is 0. The van der Waals surface area contributed by atoms with Crippen molar-refractivity contribution in [3.8, 4) is 0 Å². The molecule has 1 aromatic rings. The highest BCUT2D eigenvalue weighted by Crippen LogP contribution is 2.40. The first-order valence-electron chi connectivity index (χ1n) is 6.72. The fourth-order valence-electron chi connectivity index (χ4n) is 2.89. The maximum Gasteiger partial charge on any atom is 0.0598 e. The van der Waals surface area contributed by atoms with Crippen molar-refractivity contribution >= 4 is 5.69 Å². The van der Waals surface area contributed by atoms with E-state index in [4.69, 9.17) is 0 Å². The summed E-state index contributed by atoms with van der Waals surface area (Å²) in [5, 5.41) is 10.0. The Morgan fingerprint density at radius 1 is 1.33 bits per heavy atom. The summed E-state index contributed by atoms with van der Waals surface area (Å²) in [5.74, 6) is 1.87. The number of benzene rings is 1. The predicted octanol–water partition coefficient (Wildman–Crippen LogP) is 3.37. The zero-order valence-corrected chi connectivity index (χ0v) is 11.9. The minimum Gasteiger partial charge on any atom is -0.390 e. The number of rotatable bonds is 4. The van der Waals surface area contributed by atoms with Crippen molar-refractivity contribution in [2.24, 2.45) is 0 Å². The molecule has 2 nitrogen and oxygen atoms in total. The Morgan fingerprint density at radius 3 is 2.61 bits per heavy atom. The van der Waals surface area contributed by atoms with Crippen molar-refractivity contribution < 1.29 is 5.11 Å². The van der Waals surface area contributed by atoms with Crippen LogP contribution >= 0.6 is 0 Å². The van der Waals surface area contributed by atoms with Crippen molar-refractivity contribution in [3.05, 3.63) is 35.7 Å². The highest BCUT2D eigenvalue weighted by atomic mass is 16.3. The lowest BCUT2D eigenvalue weighted by Gasteiger charge is -2.24. The molecule has 0 bridgehead atoms. The molecule has 0 aromatic heterocycles. The Hall–Kier alpha value is -1.02. The largest absolute Gasteiger partial charge is 0.390 e. The summed E-state index contributed by atoms with van der Waals surface area (Å²) in [6, 6.07) is 8.60. The molecule has 1 aromatic carbocycles. The van der Waals surface area contributed by atoms with E-state index in [1.807, 2.05) is 13.8 Å². The number of hydrogen-bond donors (Lipinski definition) is 1. The number of aliphatic hydroxyl groups is 1. The van der Waals surface area contributed by atoms with Crippen LogP contribution in [0.3, 0.4) is 0 Å². The SMILES string of the molecule is C[C](C)CN1CC(CC(C)(C)O)c2ccccc21. The molecule has 1 atom stereocenters. The normalized spacial score (nSPS) is 19.4. The molecule has 2 heteroatoms. The zero-order chi connectivity index (χ0) is 13.3. The molecule has 1 aliphatic heterocycles. The van der Waals surface area contributed by atoms with E-state index >= 15 is 0 Å². The fraction of sp³-hybridized carbons (Fsp3) is 0.562. The van der Waals surface area contributed by atoms with Crippen molar-refractivity contribution in [2.45, 2.75) is 45.6 Å². The fourth-order valence-corrected chi connectivity index (χ4v) is 2.89. The molecule has 0 spiro atoms. The van der Waals surface area contributed by atoms with Crippen LogP contribution < -0.4 is 4.90 Å². The predicted molar refractivity (Wildman–Crippen MR) is 76.9 cm³/mol. The Labute approximate surface area is 111 Å². The number of para-hydroxylation sites is 1. The van der Waals surface area contributed by atoms with Crippen LogP contribution in [0.4, 0.5) is 5.69 Å². The van der Waals surface area contributed by atoms with E-state index in [0.29, 0.717) is 5.92 Å². The Balaban J connectivity index is 2.22. The summed E-state index contributed by atoms with van der Waals surface area (Å²) in [6.07, 6.45) is 0.823. The van der Waals surface area contributed by atoms with Gasteiger partial charge in [-0.05, 0) is 37.8 Å². The quantitative estimate of drug-likeness (QED) is 0.880. The zero-order valence-electron chi connectivity index (χ0n) is 11.9. The lowest BCUT2D eigenvalue weighted by Crippen LogP contribution is -2.28. The van der Waals surface area contributed by atoms with Gasteiger partial charge >= 0.3 is 0 Å². The van der Waals surface area contributed by atoms with Crippen LogP contribution in [0.25, 0.3) is 0 Å². The molecule has 0 saturated heterocycles. The van der Waals surface area contributed by atoms with Crippen LogP contribution in [0.5, 0.6) is 0 Å². The summed E-state index contributed by atoms with van der Waals surface area (Å²) in [6.45, 7) is 10.2. The second-order valence-corrected chi connectivity index (χ2v) is 6.36. The van der Waals surface area contributed by atoms with Crippen LogP contribution in [0.1, 0.15) is 45.6 Å². The van der Waals surface area contributed by atoms with Gasteiger partial charge in [0.15, 0.2) is 0 Å². The van der Waals surface area contributed by atoms with Gasteiger partial charge in [0.1, 0.15) is 0 Å². The van der Waals surface area contributed by atoms with E-state index in [-0.39, 0.29) is 0 Å². The minimum atomic E-state index is -0.598. The molecule has 0 aliphatic carbocycles. The molecule has 1 radical (unpaired) electrons.